The van der Waals surface area contributed by atoms with Crippen LogP contribution in [0.5, 0.6) is 0 Å². The van der Waals surface area contributed by atoms with Crippen molar-refractivity contribution in [1.29, 1.82) is 0 Å². The summed E-state index contributed by atoms with van der Waals surface area (Å²) in [6.07, 6.45) is 3.73. The minimum Gasteiger partial charge on any atom is -0.392 e. The Balaban J connectivity index is 1.51. The lowest BCUT2D eigenvalue weighted by Gasteiger charge is -2.18. The molecule has 2 aliphatic rings. The quantitative estimate of drug-likeness (QED) is 0.709. The first kappa shape index (κ1) is 16.8. The average Bonchev–Trinajstić information content (AvgIpc) is 3.10. The third-order valence-corrected chi connectivity index (χ3v) is 5.76. The summed E-state index contributed by atoms with van der Waals surface area (Å²) in [6, 6.07) is 19.5. The van der Waals surface area contributed by atoms with E-state index in [2.05, 4.69) is 24.3 Å². The molecule has 0 saturated heterocycles. The standard InChI is InChI=1S/C25H18O3/c26-14-15-7-9-16(10-8-15)20-12-24(28)22(13-23(20)27)21-11-18-5-1-3-17-4-2-6-19(21)25(17)18/h1-10,12-13,21,26H,11,14H2. The highest BCUT2D eigenvalue weighted by molar-refractivity contribution is 6.35. The van der Waals surface area contributed by atoms with E-state index in [0.29, 0.717) is 16.7 Å². The second kappa shape index (κ2) is 6.39. The molecule has 0 saturated carbocycles. The van der Waals surface area contributed by atoms with Gasteiger partial charge in [-0.25, -0.2) is 0 Å². The molecule has 1 N–H and O–H groups in total. The average molecular weight is 366 g/mol. The van der Waals surface area contributed by atoms with Crippen LogP contribution in [0.1, 0.15) is 28.2 Å². The van der Waals surface area contributed by atoms with Gasteiger partial charge in [0.1, 0.15) is 0 Å². The Morgan fingerprint density at radius 1 is 0.857 bits per heavy atom. The Morgan fingerprint density at radius 2 is 1.61 bits per heavy atom. The molecule has 3 aromatic carbocycles. The number of carbonyl (C=O) groups excluding carboxylic acids is 2. The Bertz CT molecular complexity index is 1190. The van der Waals surface area contributed by atoms with E-state index < -0.39 is 0 Å². The van der Waals surface area contributed by atoms with Crippen LogP contribution in [-0.4, -0.2) is 16.7 Å². The van der Waals surface area contributed by atoms with E-state index in [4.69, 9.17) is 0 Å². The van der Waals surface area contributed by atoms with Gasteiger partial charge in [0.2, 0.25) is 0 Å². The fourth-order valence-electron chi connectivity index (χ4n) is 4.38. The van der Waals surface area contributed by atoms with Crippen LogP contribution in [0.2, 0.25) is 0 Å². The SMILES string of the molecule is O=C1C=C(C2Cc3cccc4cccc2c34)C(=O)C=C1c1ccc(CO)cc1. The molecule has 0 spiro atoms. The molecule has 2 aliphatic carbocycles. The molecule has 3 aromatic rings. The van der Waals surface area contributed by atoms with Crippen LogP contribution in [0, 0.1) is 0 Å². The molecular weight excluding hydrogens is 348 g/mol. The van der Waals surface area contributed by atoms with Crippen molar-refractivity contribution in [2.75, 3.05) is 0 Å². The summed E-state index contributed by atoms with van der Waals surface area (Å²) >= 11 is 0. The molecular formula is C25H18O3. The topological polar surface area (TPSA) is 54.4 Å². The molecule has 0 bridgehead atoms. The first-order valence-corrected chi connectivity index (χ1v) is 9.38. The van der Waals surface area contributed by atoms with Gasteiger partial charge in [-0.05, 0) is 51.6 Å². The summed E-state index contributed by atoms with van der Waals surface area (Å²) in [5.74, 6) is -0.322. The van der Waals surface area contributed by atoms with Crippen LogP contribution in [-0.2, 0) is 22.6 Å². The van der Waals surface area contributed by atoms with Crippen molar-refractivity contribution in [3.05, 3.63) is 101 Å². The summed E-state index contributed by atoms with van der Waals surface area (Å²) in [6.45, 7) is -0.0515. The van der Waals surface area contributed by atoms with Crippen LogP contribution in [0.4, 0.5) is 0 Å². The van der Waals surface area contributed by atoms with Gasteiger partial charge in [-0.2, -0.15) is 0 Å². The largest absolute Gasteiger partial charge is 0.392 e. The Labute approximate surface area is 162 Å². The summed E-state index contributed by atoms with van der Waals surface area (Å²) < 4.78 is 0. The molecule has 0 amide bonds. The van der Waals surface area contributed by atoms with Gasteiger partial charge in [-0.15, -0.1) is 0 Å². The number of hydrogen-bond acceptors (Lipinski definition) is 3. The van der Waals surface area contributed by atoms with Crippen molar-refractivity contribution in [3.8, 4) is 0 Å². The summed E-state index contributed by atoms with van der Waals surface area (Å²) in [7, 11) is 0. The second-order valence-electron chi connectivity index (χ2n) is 7.36. The minimum atomic E-state index is -0.144. The molecule has 136 valence electrons. The highest BCUT2D eigenvalue weighted by Gasteiger charge is 2.32. The van der Waals surface area contributed by atoms with Crippen molar-refractivity contribution in [2.45, 2.75) is 18.9 Å². The van der Waals surface area contributed by atoms with Gasteiger partial charge in [-0.1, -0.05) is 60.7 Å². The van der Waals surface area contributed by atoms with Crippen LogP contribution in [0.3, 0.4) is 0 Å². The summed E-state index contributed by atoms with van der Waals surface area (Å²) in [5, 5.41) is 11.6. The molecule has 3 nitrogen and oxygen atoms in total. The molecule has 0 aliphatic heterocycles. The lowest BCUT2D eigenvalue weighted by Crippen LogP contribution is -2.17. The highest BCUT2D eigenvalue weighted by Crippen LogP contribution is 2.43. The zero-order valence-electron chi connectivity index (χ0n) is 15.2. The second-order valence-corrected chi connectivity index (χ2v) is 7.36. The fourth-order valence-corrected chi connectivity index (χ4v) is 4.38. The number of allylic oxidation sites excluding steroid dienone is 4. The van der Waals surface area contributed by atoms with E-state index in [9.17, 15) is 14.7 Å². The molecule has 0 aromatic heterocycles. The van der Waals surface area contributed by atoms with Crippen LogP contribution in [0.25, 0.3) is 16.3 Å². The van der Waals surface area contributed by atoms with Crippen molar-refractivity contribution in [3.63, 3.8) is 0 Å². The van der Waals surface area contributed by atoms with Crippen molar-refractivity contribution >= 4 is 27.9 Å². The lowest BCUT2D eigenvalue weighted by molar-refractivity contribution is -0.114. The first-order chi connectivity index (χ1) is 13.7. The number of rotatable bonds is 3. The first-order valence-electron chi connectivity index (χ1n) is 9.38. The monoisotopic (exact) mass is 366 g/mol. The number of ketones is 2. The number of hydrogen-bond donors (Lipinski definition) is 1. The maximum absolute atomic E-state index is 13.0. The van der Waals surface area contributed by atoms with Gasteiger partial charge in [-0.3, -0.25) is 9.59 Å². The van der Waals surface area contributed by atoms with Crippen molar-refractivity contribution < 1.29 is 14.7 Å². The Morgan fingerprint density at radius 3 is 2.36 bits per heavy atom. The van der Waals surface area contributed by atoms with E-state index in [1.165, 1.54) is 28.5 Å². The molecule has 1 atom stereocenters. The number of carbonyl (C=O) groups is 2. The third-order valence-electron chi connectivity index (χ3n) is 5.76. The maximum Gasteiger partial charge on any atom is 0.187 e. The van der Waals surface area contributed by atoms with E-state index in [-0.39, 0.29) is 24.1 Å². The van der Waals surface area contributed by atoms with E-state index in [1.54, 1.807) is 24.3 Å². The molecule has 0 fully saturated rings. The minimum absolute atomic E-state index is 0.0515. The van der Waals surface area contributed by atoms with Gasteiger partial charge >= 0.3 is 0 Å². The predicted molar refractivity (Wildman–Crippen MR) is 109 cm³/mol. The number of benzene rings is 3. The Kier molecular flexibility index (Phi) is 3.85. The number of aliphatic hydroxyl groups excluding tert-OH is 1. The van der Waals surface area contributed by atoms with Gasteiger partial charge in [0.25, 0.3) is 0 Å². The smallest absolute Gasteiger partial charge is 0.187 e. The number of aliphatic hydroxyl groups is 1. The van der Waals surface area contributed by atoms with Gasteiger partial charge in [0, 0.05) is 17.1 Å². The molecule has 0 radical (unpaired) electrons. The zero-order valence-corrected chi connectivity index (χ0v) is 15.2. The van der Waals surface area contributed by atoms with E-state index in [1.807, 2.05) is 12.1 Å². The Hall–Kier alpha value is -3.30. The predicted octanol–water partition coefficient (Wildman–Crippen LogP) is 4.13. The van der Waals surface area contributed by atoms with E-state index >= 15 is 0 Å². The van der Waals surface area contributed by atoms with Crippen molar-refractivity contribution in [1.82, 2.24) is 0 Å². The van der Waals surface area contributed by atoms with Crippen LogP contribution in [0.15, 0.2) is 78.4 Å². The van der Waals surface area contributed by atoms with Gasteiger partial charge < -0.3 is 5.11 Å². The molecule has 1 unspecified atom stereocenters. The van der Waals surface area contributed by atoms with Gasteiger partial charge in [0.05, 0.1) is 6.61 Å². The summed E-state index contributed by atoms with van der Waals surface area (Å²) in [5.41, 5.74) is 4.81. The lowest BCUT2D eigenvalue weighted by atomic mass is 9.83. The van der Waals surface area contributed by atoms with Crippen molar-refractivity contribution in [2.24, 2.45) is 0 Å². The fraction of sp³-hybridized carbons (Fsp3) is 0.120. The molecule has 3 heteroatoms. The normalized spacial score (nSPS) is 18.4. The molecule has 28 heavy (non-hydrogen) atoms. The maximum atomic E-state index is 13.0. The van der Waals surface area contributed by atoms with Crippen LogP contribution < -0.4 is 0 Å². The highest BCUT2D eigenvalue weighted by atomic mass is 16.3. The zero-order chi connectivity index (χ0) is 19.3. The van der Waals surface area contributed by atoms with Gasteiger partial charge in [0.15, 0.2) is 11.6 Å². The van der Waals surface area contributed by atoms with E-state index in [0.717, 1.165) is 17.5 Å². The van der Waals surface area contributed by atoms with Crippen LogP contribution >= 0.6 is 0 Å². The summed E-state index contributed by atoms with van der Waals surface area (Å²) in [4.78, 5) is 25.8. The molecule has 0 heterocycles. The molecule has 5 rings (SSSR count). The third kappa shape index (κ3) is 2.55.